The van der Waals surface area contributed by atoms with Gasteiger partial charge < -0.3 is 15.2 Å². The molecule has 0 aromatic heterocycles. The maximum atomic E-state index is 12.7. The number of hydrogen-bond donors (Lipinski definition) is 2. The number of Topliss-reactive ketones (excluding diaryl/α,β-unsaturated/α-hetero) is 1. The second-order valence-corrected chi connectivity index (χ2v) is 7.32. The molecule has 8 nitrogen and oxygen atoms in total. The fraction of sp³-hybridized carbons (Fsp3) is 0.304. The van der Waals surface area contributed by atoms with Gasteiger partial charge in [0.25, 0.3) is 5.91 Å². The van der Waals surface area contributed by atoms with E-state index in [9.17, 15) is 19.2 Å². The third-order valence-electron chi connectivity index (χ3n) is 4.96. The van der Waals surface area contributed by atoms with Gasteiger partial charge in [0, 0.05) is 18.5 Å². The number of nitrogens with zero attached hydrogens (tertiary/aromatic N) is 1. The van der Waals surface area contributed by atoms with Crippen LogP contribution in [0.15, 0.2) is 42.5 Å². The summed E-state index contributed by atoms with van der Waals surface area (Å²) in [6.07, 6.45) is 0.355. The lowest BCUT2D eigenvalue weighted by Gasteiger charge is -2.32. The number of rotatable bonds is 8. The Morgan fingerprint density at radius 2 is 1.77 bits per heavy atom. The lowest BCUT2D eigenvalue weighted by molar-refractivity contribution is -0.128. The van der Waals surface area contributed by atoms with E-state index in [4.69, 9.17) is 9.84 Å². The summed E-state index contributed by atoms with van der Waals surface area (Å²) in [7, 11) is 0. The molecule has 162 valence electrons. The zero-order chi connectivity index (χ0) is 22.5. The maximum absolute atomic E-state index is 12.7. The molecular formula is C23H24N2O6. The molecule has 1 aliphatic rings. The number of aromatic carboxylic acids is 1. The van der Waals surface area contributed by atoms with Crippen LogP contribution in [-0.4, -0.2) is 41.3 Å². The van der Waals surface area contributed by atoms with Crippen molar-refractivity contribution in [2.45, 2.75) is 39.3 Å². The fourth-order valence-electron chi connectivity index (χ4n) is 3.28. The van der Waals surface area contributed by atoms with Gasteiger partial charge in [0.15, 0.2) is 11.9 Å². The van der Waals surface area contributed by atoms with Gasteiger partial charge in [0.2, 0.25) is 5.91 Å². The van der Waals surface area contributed by atoms with Crippen LogP contribution in [-0.2, 0) is 16.1 Å². The van der Waals surface area contributed by atoms with Gasteiger partial charge >= 0.3 is 5.97 Å². The number of carbonyl (C=O) groups excluding carboxylic acids is 3. The van der Waals surface area contributed by atoms with Crippen LogP contribution in [0.2, 0.25) is 0 Å². The van der Waals surface area contributed by atoms with Crippen LogP contribution < -0.4 is 15.0 Å². The highest BCUT2D eigenvalue weighted by Gasteiger charge is 2.33. The van der Waals surface area contributed by atoms with E-state index >= 15 is 0 Å². The van der Waals surface area contributed by atoms with E-state index in [1.165, 1.54) is 17.0 Å². The third kappa shape index (κ3) is 5.09. The minimum Gasteiger partial charge on any atom is -0.479 e. The number of carboxylic acid groups (broad SMARTS) is 1. The molecule has 2 aromatic rings. The lowest BCUT2D eigenvalue weighted by atomic mass is 10.0. The minimum atomic E-state index is -1.02. The molecule has 3 rings (SSSR count). The van der Waals surface area contributed by atoms with Gasteiger partial charge in [-0.2, -0.15) is 0 Å². The van der Waals surface area contributed by atoms with Crippen molar-refractivity contribution in [3.63, 3.8) is 0 Å². The van der Waals surface area contributed by atoms with Crippen molar-refractivity contribution in [2.24, 2.45) is 0 Å². The molecule has 0 radical (unpaired) electrons. The summed E-state index contributed by atoms with van der Waals surface area (Å²) in [4.78, 5) is 49.7. The fourth-order valence-corrected chi connectivity index (χ4v) is 3.28. The lowest BCUT2D eigenvalue weighted by Crippen LogP contribution is -2.48. The standard InChI is InChI=1S/C23H24N2O6/c1-3-4-19(26)17-9-10-20-18(11-17)25(22(28)14(2)31-20)13-21(27)24-12-15-5-7-16(8-6-15)23(29)30/h5-11,14H,3-4,12-13H2,1-2H3,(H,24,27)(H,29,30). The summed E-state index contributed by atoms with van der Waals surface area (Å²) in [5.41, 5.74) is 1.75. The van der Waals surface area contributed by atoms with Crippen LogP contribution >= 0.6 is 0 Å². The van der Waals surface area contributed by atoms with E-state index in [0.29, 0.717) is 29.8 Å². The topological polar surface area (TPSA) is 113 Å². The molecule has 1 unspecified atom stereocenters. The van der Waals surface area contributed by atoms with Crippen molar-refractivity contribution in [1.82, 2.24) is 5.32 Å². The average molecular weight is 424 g/mol. The number of ketones is 1. The molecule has 1 heterocycles. The van der Waals surface area contributed by atoms with Gasteiger partial charge in [-0.15, -0.1) is 0 Å². The van der Waals surface area contributed by atoms with Crippen LogP contribution in [0.5, 0.6) is 5.75 Å². The van der Waals surface area contributed by atoms with Crippen LogP contribution in [0.25, 0.3) is 0 Å². The van der Waals surface area contributed by atoms with Crippen molar-refractivity contribution < 1.29 is 29.0 Å². The number of carbonyl (C=O) groups is 4. The Morgan fingerprint density at radius 3 is 2.42 bits per heavy atom. The predicted molar refractivity (Wildman–Crippen MR) is 113 cm³/mol. The Bertz CT molecular complexity index is 1020. The molecule has 31 heavy (non-hydrogen) atoms. The van der Waals surface area contributed by atoms with Crippen LogP contribution in [0.3, 0.4) is 0 Å². The molecule has 0 saturated carbocycles. The van der Waals surface area contributed by atoms with Gasteiger partial charge in [-0.05, 0) is 49.2 Å². The quantitative estimate of drug-likeness (QED) is 0.630. The Hall–Kier alpha value is -3.68. The minimum absolute atomic E-state index is 0.0365. The first kappa shape index (κ1) is 22.0. The van der Waals surface area contributed by atoms with Gasteiger partial charge in [0.05, 0.1) is 11.3 Å². The van der Waals surface area contributed by atoms with Gasteiger partial charge in [-0.1, -0.05) is 19.1 Å². The zero-order valence-electron chi connectivity index (χ0n) is 17.4. The average Bonchev–Trinajstić information content (AvgIpc) is 2.75. The normalized spacial score (nSPS) is 15.1. The first-order valence-electron chi connectivity index (χ1n) is 10.0. The zero-order valence-corrected chi connectivity index (χ0v) is 17.4. The van der Waals surface area contributed by atoms with E-state index in [-0.39, 0.29) is 36.3 Å². The van der Waals surface area contributed by atoms with Crippen LogP contribution in [0, 0.1) is 0 Å². The Kier molecular flexibility index (Phi) is 6.69. The number of anilines is 1. The molecule has 0 fully saturated rings. The highest BCUT2D eigenvalue weighted by molar-refractivity contribution is 6.05. The third-order valence-corrected chi connectivity index (χ3v) is 4.96. The molecule has 1 aliphatic heterocycles. The SMILES string of the molecule is CCCC(=O)c1ccc2c(c1)N(CC(=O)NCc1ccc(C(=O)O)cc1)C(=O)C(C)O2. The molecule has 8 heteroatoms. The molecule has 2 N–H and O–H groups in total. The molecule has 0 aliphatic carbocycles. The predicted octanol–water partition coefficient (Wildman–Crippen LogP) is 2.80. The van der Waals surface area contributed by atoms with Gasteiger partial charge in [0.1, 0.15) is 12.3 Å². The van der Waals surface area contributed by atoms with E-state index in [0.717, 1.165) is 5.56 Å². The van der Waals surface area contributed by atoms with Crippen molar-refractivity contribution in [3.8, 4) is 5.75 Å². The first-order chi connectivity index (χ1) is 14.8. The van der Waals surface area contributed by atoms with Gasteiger partial charge in [-0.25, -0.2) is 4.79 Å². The molecule has 0 saturated heterocycles. The van der Waals surface area contributed by atoms with Crippen molar-refractivity contribution in [1.29, 1.82) is 0 Å². The number of carboxylic acids is 1. The van der Waals surface area contributed by atoms with E-state index in [1.807, 2.05) is 6.92 Å². The first-order valence-corrected chi connectivity index (χ1v) is 10.0. The van der Waals surface area contributed by atoms with Crippen molar-refractivity contribution in [3.05, 3.63) is 59.2 Å². The van der Waals surface area contributed by atoms with E-state index in [2.05, 4.69) is 5.32 Å². The number of amides is 2. The monoisotopic (exact) mass is 424 g/mol. The van der Waals surface area contributed by atoms with E-state index in [1.54, 1.807) is 37.3 Å². The largest absolute Gasteiger partial charge is 0.479 e. The van der Waals surface area contributed by atoms with E-state index < -0.39 is 12.1 Å². The number of hydrogen-bond acceptors (Lipinski definition) is 5. The maximum Gasteiger partial charge on any atom is 0.335 e. The summed E-state index contributed by atoms with van der Waals surface area (Å²) in [5, 5.41) is 11.7. The highest BCUT2D eigenvalue weighted by atomic mass is 16.5. The number of fused-ring (bicyclic) bond motifs is 1. The number of benzene rings is 2. The Morgan fingerprint density at radius 1 is 1.10 bits per heavy atom. The van der Waals surface area contributed by atoms with Crippen molar-refractivity contribution in [2.75, 3.05) is 11.4 Å². The molecule has 1 atom stereocenters. The second-order valence-electron chi connectivity index (χ2n) is 7.32. The molecule has 2 aromatic carbocycles. The summed E-state index contributed by atoms with van der Waals surface area (Å²) in [5.74, 6) is -1.37. The van der Waals surface area contributed by atoms with Crippen LogP contribution in [0.4, 0.5) is 5.69 Å². The summed E-state index contributed by atoms with van der Waals surface area (Å²) in [6, 6.07) is 11.1. The highest BCUT2D eigenvalue weighted by Crippen LogP contribution is 2.35. The molecular weight excluding hydrogens is 400 g/mol. The molecule has 0 spiro atoms. The Balaban J connectivity index is 1.73. The number of nitrogens with one attached hydrogen (secondary N) is 1. The van der Waals surface area contributed by atoms with Crippen LogP contribution in [0.1, 0.15) is 53.0 Å². The Labute approximate surface area is 179 Å². The second kappa shape index (κ2) is 9.42. The summed E-state index contributed by atoms with van der Waals surface area (Å²) < 4.78 is 5.63. The van der Waals surface area contributed by atoms with Gasteiger partial charge in [-0.3, -0.25) is 19.3 Å². The smallest absolute Gasteiger partial charge is 0.335 e. The molecule has 0 bridgehead atoms. The molecule has 2 amide bonds. The number of ether oxygens (including phenoxy) is 1. The summed E-state index contributed by atoms with van der Waals surface area (Å²) in [6.45, 7) is 3.49. The van der Waals surface area contributed by atoms with Crippen molar-refractivity contribution >= 4 is 29.3 Å². The summed E-state index contributed by atoms with van der Waals surface area (Å²) >= 11 is 0.